The van der Waals surface area contributed by atoms with E-state index in [0.29, 0.717) is 11.3 Å². The predicted octanol–water partition coefficient (Wildman–Crippen LogP) is 4.28. The van der Waals surface area contributed by atoms with E-state index in [-0.39, 0.29) is 24.1 Å². The summed E-state index contributed by atoms with van der Waals surface area (Å²) in [4.78, 5) is 27.0. The van der Waals surface area contributed by atoms with E-state index < -0.39 is 12.0 Å². The zero-order valence-electron chi connectivity index (χ0n) is 19.1. The van der Waals surface area contributed by atoms with Crippen molar-refractivity contribution in [2.24, 2.45) is 0 Å². The van der Waals surface area contributed by atoms with Crippen LogP contribution < -0.4 is 16.4 Å². The number of carbonyl (C=O) groups excluding carboxylic acids is 2. The lowest BCUT2D eigenvalue weighted by Gasteiger charge is -2.24. The predicted molar refractivity (Wildman–Crippen MR) is 136 cm³/mol. The molecule has 176 valence electrons. The second-order valence-corrected chi connectivity index (χ2v) is 8.25. The van der Waals surface area contributed by atoms with E-state index >= 15 is 0 Å². The Morgan fingerprint density at radius 1 is 0.714 bits per heavy atom. The molecule has 0 aliphatic heterocycles. The number of nitrogens with two attached hydrogens (primary N) is 1. The van der Waals surface area contributed by atoms with E-state index in [1.165, 1.54) is 0 Å². The molecule has 0 aliphatic rings. The van der Waals surface area contributed by atoms with Crippen molar-refractivity contribution in [2.45, 2.75) is 18.5 Å². The molecule has 0 saturated carbocycles. The molecule has 1 unspecified atom stereocenters. The number of benzene rings is 4. The number of aromatic hydroxyl groups is 1. The maximum absolute atomic E-state index is 13.7. The van der Waals surface area contributed by atoms with Crippen LogP contribution in [0.15, 0.2) is 109 Å². The molecule has 1 atom stereocenters. The third kappa shape index (κ3) is 6.06. The van der Waals surface area contributed by atoms with Crippen LogP contribution in [0.4, 0.5) is 5.69 Å². The van der Waals surface area contributed by atoms with Crippen LogP contribution >= 0.6 is 0 Å². The molecule has 0 aromatic heterocycles. The summed E-state index contributed by atoms with van der Waals surface area (Å²) in [5.41, 5.74) is 9.53. The van der Waals surface area contributed by atoms with Gasteiger partial charge < -0.3 is 21.5 Å². The van der Waals surface area contributed by atoms with Crippen molar-refractivity contribution in [3.63, 3.8) is 0 Å². The average molecular weight is 466 g/mol. The average Bonchev–Trinajstić information content (AvgIpc) is 2.88. The molecular weight excluding hydrogens is 438 g/mol. The Labute approximate surface area is 204 Å². The number of rotatable bonds is 8. The van der Waals surface area contributed by atoms with Crippen LogP contribution in [0, 0.1) is 0 Å². The fourth-order valence-corrected chi connectivity index (χ4v) is 3.96. The zero-order valence-corrected chi connectivity index (χ0v) is 19.1. The van der Waals surface area contributed by atoms with Crippen molar-refractivity contribution in [1.29, 1.82) is 0 Å². The molecule has 0 saturated heterocycles. The van der Waals surface area contributed by atoms with Crippen molar-refractivity contribution >= 4 is 17.5 Å². The second kappa shape index (κ2) is 11.0. The molecule has 0 heterocycles. The number of nitrogen functional groups attached to an aromatic ring is 1. The van der Waals surface area contributed by atoms with E-state index in [0.717, 1.165) is 16.7 Å². The third-order valence-electron chi connectivity index (χ3n) is 5.72. The minimum Gasteiger partial charge on any atom is -0.508 e. The molecule has 0 fully saturated rings. The Hall–Kier alpha value is -4.58. The number of nitrogens with one attached hydrogen (secondary N) is 2. The lowest BCUT2D eigenvalue weighted by atomic mass is 9.90. The van der Waals surface area contributed by atoms with Gasteiger partial charge in [-0.3, -0.25) is 9.59 Å². The normalized spacial score (nSPS) is 11.6. The quantitative estimate of drug-likeness (QED) is 0.292. The van der Waals surface area contributed by atoms with Crippen molar-refractivity contribution in [3.05, 3.63) is 131 Å². The van der Waals surface area contributed by atoms with Crippen molar-refractivity contribution in [2.75, 3.05) is 5.73 Å². The van der Waals surface area contributed by atoms with Gasteiger partial charge in [0.2, 0.25) is 11.8 Å². The highest BCUT2D eigenvalue weighted by Crippen LogP contribution is 2.26. The number of phenols is 1. The number of anilines is 1. The highest BCUT2D eigenvalue weighted by Gasteiger charge is 2.29. The number of hydrogen-bond donors (Lipinski definition) is 4. The molecule has 4 aromatic carbocycles. The van der Waals surface area contributed by atoms with E-state index in [4.69, 9.17) is 5.73 Å². The third-order valence-corrected chi connectivity index (χ3v) is 5.72. The first-order valence-corrected chi connectivity index (χ1v) is 11.3. The monoisotopic (exact) mass is 465 g/mol. The fourth-order valence-electron chi connectivity index (χ4n) is 3.96. The van der Waals surface area contributed by atoms with Gasteiger partial charge in [0.05, 0.1) is 5.92 Å². The number of amides is 2. The van der Waals surface area contributed by atoms with E-state index in [2.05, 4.69) is 10.6 Å². The van der Waals surface area contributed by atoms with Crippen molar-refractivity contribution in [3.8, 4) is 5.75 Å². The molecule has 0 aliphatic carbocycles. The largest absolute Gasteiger partial charge is 0.508 e. The zero-order chi connectivity index (χ0) is 24.6. The molecule has 0 bridgehead atoms. The van der Waals surface area contributed by atoms with Crippen LogP contribution in [0.2, 0.25) is 0 Å². The molecule has 35 heavy (non-hydrogen) atoms. The number of hydrogen-bond acceptors (Lipinski definition) is 4. The molecule has 4 aromatic rings. The van der Waals surface area contributed by atoms with Gasteiger partial charge in [-0.05, 0) is 46.5 Å². The Morgan fingerprint density at radius 3 is 1.86 bits per heavy atom. The molecule has 0 radical (unpaired) electrons. The van der Waals surface area contributed by atoms with Crippen LogP contribution in [-0.2, 0) is 16.1 Å². The first kappa shape index (κ1) is 23.6. The van der Waals surface area contributed by atoms with Gasteiger partial charge in [0.25, 0.3) is 0 Å². The van der Waals surface area contributed by atoms with Gasteiger partial charge in [0.1, 0.15) is 11.8 Å². The molecule has 5 N–H and O–H groups in total. The standard InChI is InChI=1S/C29H27N3O3/c30-24-13-7-12-23(18-24)27(29(35)31-19-20-14-16-25(33)17-15-20)32-28(34)26(21-8-3-1-4-9-21)22-10-5-2-6-11-22/h1-18,26-27,33H,19,30H2,(H,31,35)(H,32,34). The summed E-state index contributed by atoms with van der Waals surface area (Å²) >= 11 is 0. The number of phenolic OH excluding ortho intramolecular Hbond substituents is 1. The fraction of sp³-hybridized carbons (Fsp3) is 0.103. The first-order valence-electron chi connectivity index (χ1n) is 11.3. The van der Waals surface area contributed by atoms with Crippen LogP contribution in [0.1, 0.15) is 34.2 Å². The Balaban J connectivity index is 1.61. The Kier molecular flexibility index (Phi) is 7.43. The van der Waals surface area contributed by atoms with Crippen LogP contribution in [0.25, 0.3) is 0 Å². The minimum atomic E-state index is -0.946. The molecule has 0 spiro atoms. The van der Waals surface area contributed by atoms with Crippen LogP contribution in [0.5, 0.6) is 5.75 Å². The summed E-state index contributed by atoms with van der Waals surface area (Å²) in [6.45, 7) is 0.245. The highest BCUT2D eigenvalue weighted by molar-refractivity contribution is 5.93. The van der Waals surface area contributed by atoms with E-state index in [1.54, 1.807) is 48.5 Å². The SMILES string of the molecule is Nc1cccc(C(NC(=O)C(c2ccccc2)c2ccccc2)C(=O)NCc2ccc(O)cc2)c1. The summed E-state index contributed by atoms with van der Waals surface area (Å²) in [5.74, 6) is -1.10. The molecular formula is C29H27N3O3. The Bertz CT molecular complexity index is 1240. The summed E-state index contributed by atoms with van der Waals surface area (Å²) in [6.07, 6.45) is 0. The topological polar surface area (TPSA) is 104 Å². The lowest BCUT2D eigenvalue weighted by molar-refractivity contribution is -0.129. The molecule has 4 rings (SSSR count). The van der Waals surface area contributed by atoms with Gasteiger partial charge in [0, 0.05) is 12.2 Å². The van der Waals surface area contributed by atoms with E-state index in [1.807, 2.05) is 60.7 Å². The minimum absolute atomic E-state index is 0.151. The first-order chi connectivity index (χ1) is 17.0. The van der Waals surface area contributed by atoms with Crippen molar-refractivity contribution < 1.29 is 14.7 Å². The molecule has 6 nitrogen and oxygen atoms in total. The lowest BCUT2D eigenvalue weighted by Crippen LogP contribution is -2.42. The Morgan fingerprint density at radius 2 is 1.29 bits per heavy atom. The van der Waals surface area contributed by atoms with Gasteiger partial charge in [-0.1, -0.05) is 84.9 Å². The molecule has 6 heteroatoms. The van der Waals surface area contributed by atoms with Crippen LogP contribution in [-0.4, -0.2) is 16.9 Å². The van der Waals surface area contributed by atoms with Crippen LogP contribution in [0.3, 0.4) is 0 Å². The van der Waals surface area contributed by atoms with Gasteiger partial charge in [-0.25, -0.2) is 0 Å². The smallest absolute Gasteiger partial charge is 0.247 e. The van der Waals surface area contributed by atoms with E-state index in [9.17, 15) is 14.7 Å². The van der Waals surface area contributed by atoms with Gasteiger partial charge >= 0.3 is 0 Å². The van der Waals surface area contributed by atoms with Gasteiger partial charge in [-0.2, -0.15) is 0 Å². The van der Waals surface area contributed by atoms with Crippen molar-refractivity contribution in [1.82, 2.24) is 10.6 Å². The molecule has 2 amide bonds. The summed E-state index contributed by atoms with van der Waals surface area (Å²) in [7, 11) is 0. The highest BCUT2D eigenvalue weighted by atomic mass is 16.3. The maximum Gasteiger partial charge on any atom is 0.247 e. The summed E-state index contributed by atoms with van der Waals surface area (Å²) < 4.78 is 0. The van der Waals surface area contributed by atoms with Gasteiger partial charge in [0.15, 0.2) is 0 Å². The maximum atomic E-state index is 13.7. The summed E-state index contributed by atoms with van der Waals surface area (Å²) in [5, 5.41) is 15.3. The summed E-state index contributed by atoms with van der Waals surface area (Å²) in [6, 6.07) is 31.5. The van der Waals surface area contributed by atoms with Gasteiger partial charge in [-0.15, -0.1) is 0 Å². The second-order valence-electron chi connectivity index (χ2n) is 8.25. The number of carbonyl (C=O) groups is 2.